The zero-order valence-corrected chi connectivity index (χ0v) is 16.7. The molecule has 0 N–H and O–H groups in total. The lowest BCUT2D eigenvalue weighted by molar-refractivity contribution is 0.385. The smallest absolute Gasteiger partial charge is 0.243 e. The fraction of sp³-hybridized carbons (Fsp3) is 0.174. The molecule has 0 bridgehead atoms. The van der Waals surface area contributed by atoms with Crippen molar-refractivity contribution in [3.05, 3.63) is 84.4 Å². The Morgan fingerprint density at radius 3 is 1.97 bits per heavy atom. The normalized spacial score (nSPS) is 15.1. The number of hydrogen-bond acceptors (Lipinski definition) is 4. The quantitative estimate of drug-likeness (QED) is 0.666. The van der Waals surface area contributed by atoms with E-state index in [0.29, 0.717) is 36.6 Å². The molecule has 0 aromatic heterocycles. The van der Waals surface area contributed by atoms with Gasteiger partial charge in [0.25, 0.3) is 0 Å². The highest BCUT2D eigenvalue weighted by molar-refractivity contribution is 7.89. The number of rotatable bonds is 4. The Morgan fingerprint density at radius 1 is 0.724 bits per heavy atom. The van der Waals surface area contributed by atoms with Gasteiger partial charge in [0.2, 0.25) is 10.0 Å². The number of nitriles is 1. The van der Waals surface area contributed by atoms with Crippen LogP contribution in [-0.4, -0.2) is 38.9 Å². The van der Waals surface area contributed by atoms with E-state index in [2.05, 4.69) is 11.0 Å². The summed E-state index contributed by atoms with van der Waals surface area (Å²) in [6.07, 6.45) is 0. The fourth-order valence-corrected chi connectivity index (χ4v) is 5.03. The zero-order chi connectivity index (χ0) is 20.3. The standard InChI is InChI=1S/C23H21N3O2S/c24-18-21-8-4-5-9-23(21)25-14-16-26(17-15-25)29(27,28)22-12-10-20(11-13-22)19-6-2-1-3-7-19/h1-13H,14-17H2. The van der Waals surface area contributed by atoms with Gasteiger partial charge in [-0.15, -0.1) is 0 Å². The summed E-state index contributed by atoms with van der Waals surface area (Å²) in [5.74, 6) is 0. The number of para-hydroxylation sites is 1. The van der Waals surface area contributed by atoms with Crippen LogP contribution in [0.3, 0.4) is 0 Å². The Kier molecular flexibility index (Phi) is 5.34. The number of sulfonamides is 1. The van der Waals surface area contributed by atoms with Gasteiger partial charge in [0, 0.05) is 26.2 Å². The van der Waals surface area contributed by atoms with E-state index in [1.807, 2.05) is 60.7 Å². The Morgan fingerprint density at radius 2 is 1.31 bits per heavy atom. The van der Waals surface area contributed by atoms with E-state index in [9.17, 15) is 13.7 Å². The predicted octanol–water partition coefficient (Wildman–Crippen LogP) is 3.74. The molecule has 5 nitrogen and oxygen atoms in total. The van der Waals surface area contributed by atoms with E-state index < -0.39 is 10.0 Å². The number of hydrogen-bond donors (Lipinski definition) is 0. The molecule has 4 rings (SSSR count). The van der Waals surface area contributed by atoms with E-state index in [-0.39, 0.29) is 0 Å². The molecule has 1 fully saturated rings. The SMILES string of the molecule is N#Cc1ccccc1N1CCN(S(=O)(=O)c2ccc(-c3ccccc3)cc2)CC1. The third-order valence-corrected chi connectivity index (χ3v) is 7.12. The Bertz CT molecular complexity index is 1130. The first kappa shape index (κ1) is 19.2. The van der Waals surface area contributed by atoms with Gasteiger partial charge in [0.1, 0.15) is 6.07 Å². The van der Waals surface area contributed by atoms with Gasteiger partial charge in [-0.3, -0.25) is 0 Å². The molecule has 3 aromatic carbocycles. The van der Waals surface area contributed by atoms with Crippen molar-refractivity contribution < 1.29 is 8.42 Å². The van der Waals surface area contributed by atoms with Crippen LogP contribution in [0.1, 0.15) is 5.56 Å². The second kappa shape index (κ2) is 8.08. The maximum absolute atomic E-state index is 13.1. The van der Waals surface area contributed by atoms with Crippen LogP contribution in [0, 0.1) is 11.3 Å². The summed E-state index contributed by atoms with van der Waals surface area (Å²) in [6.45, 7) is 1.89. The molecular formula is C23H21N3O2S. The summed E-state index contributed by atoms with van der Waals surface area (Å²) < 4.78 is 27.6. The first-order valence-corrected chi connectivity index (χ1v) is 10.9. The van der Waals surface area contributed by atoms with Crippen molar-refractivity contribution >= 4 is 15.7 Å². The van der Waals surface area contributed by atoms with Gasteiger partial charge in [-0.1, -0.05) is 54.6 Å². The highest BCUT2D eigenvalue weighted by atomic mass is 32.2. The minimum atomic E-state index is -3.54. The second-order valence-corrected chi connectivity index (χ2v) is 8.85. The molecule has 1 aliphatic rings. The first-order chi connectivity index (χ1) is 14.1. The molecule has 146 valence electrons. The average molecular weight is 404 g/mol. The van der Waals surface area contributed by atoms with Crippen LogP contribution in [-0.2, 0) is 10.0 Å². The lowest BCUT2D eigenvalue weighted by atomic mass is 10.1. The van der Waals surface area contributed by atoms with Gasteiger partial charge in [-0.05, 0) is 35.4 Å². The molecule has 0 spiro atoms. The number of benzene rings is 3. The van der Waals surface area contributed by atoms with Gasteiger partial charge in [0.15, 0.2) is 0 Å². The summed E-state index contributed by atoms with van der Waals surface area (Å²) in [5, 5.41) is 9.30. The summed E-state index contributed by atoms with van der Waals surface area (Å²) in [5.41, 5.74) is 3.52. The highest BCUT2D eigenvalue weighted by Gasteiger charge is 2.29. The van der Waals surface area contributed by atoms with E-state index in [1.54, 1.807) is 18.2 Å². The topological polar surface area (TPSA) is 64.4 Å². The van der Waals surface area contributed by atoms with Crippen molar-refractivity contribution in [2.75, 3.05) is 31.1 Å². The number of piperazine rings is 1. The lowest BCUT2D eigenvalue weighted by Gasteiger charge is -2.35. The van der Waals surface area contributed by atoms with E-state index in [4.69, 9.17) is 0 Å². The Balaban J connectivity index is 1.48. The van der Waals surface area contributed by atoms with Gasteiger partial charge < -0.3 is 4.90 Å². The van der Waals surface area contributed by atoms with E-state index >= 15 is 0 Å². The van der Waals surface area contributed by atoms with Crippen molar-refractivity contribution in [3.8, 4) is 17.2 Å². The molecule has 0 unspecified atom stereocenters. The summed E-state index contributed by atoms with van der Waals surface area (Å²) in [6, 6.07) is 26.6. The number of nitrogens with zero attached hydrogens (tertiary/aromatic N) is 3. The molecule has 0 aliphatic carbocycles. The third kappa shape index (κ3) is 3.88. The summed E-state index contributed by atoms with van der Waals surface area (Å²) in [7, 11) is -3.54. The third-order valence-electron chi connectivity index (χ3n) is 5.20. The molecule has 1 heterocycles. The molecule has 0 saturated carbocycles. The van der Waals surface area contributed by atoms with Crippen LogP contribution in [0.15, 0.2) is 83.8 Å². The monoisotopic (exact) mass is 403 g/mol. The van der Waals surface area contributed by atoms with Crippen LogP contribution in [0.5, 0.6) is 0 Å². The fourth-order valence-electron chi connectivity index (χ4n) is 3.61. The molecule has 6 heteroatoms. The largest absolute Gasteiger partial charge is 0.368 e. The Hall–Kier alpha value is -3.14. The Labute approximate surface area is 171 Å². The second-order valence-electron chi connectivity index (χ2n) is 6.91. The maximum atomic E-state index is 13.1. The first-order valence-electron chi connectivity index (χ1n) is 9.49. The summed E-state index contributed by atoms with van der Waals surface area (Å²) >= 11 is 0. The molecular weight excluding hydrogens is 382 g/mol. The van der Waals surface area contributed by atoms with Gasteiger partial charge >= 0.3 is 0 Å². The van der Waals surface area contributed by atoms with Crippen molar-refractivity contribution in [1.29, 1.82) is 5.26 Å². The number of anilines is 1. The minimum Gasteiger partial charge on any atom is -0.368 e. The van der Waals surface area contributed by atoms with Crippen molar-refractivity contribution in [2.45, 2.75) is 4.90 Å². The average Bonchev–Trinajstić information content (AvgIpc) is 2.80. The predicted molar refractivity (Wildman–Crippen MR) is 114 cm³/mol. The van der Waals surface area contributed by atoms with Crippen LogP contribution in [0.25, 0.3) is 11.1 Å². The molecule has 0 radical (unpaired) electrons. The zero-order valence-electron chi connectivity index (χ0n) is 15.9. The maximum Gasteiger partial charge on any atom is 0.243 e. The van der Waals surface area contributed by atoms with Gasteiger partial charge in [0.05, 0.1) is 16.1 Å². The molecule has 0 atom stereocenters. The molecule has 1 aliphatic heterocycles. The van der Waals surface area contributed by atoms with E-state index in [0.717, 1.165) is 16.8 Å². The molecule has 3 aromatic rings. The molecule has 1 saturated heterocycles. The van der Waals surface area contributed by atoms with Crippen LogP contribution >= 0.6 is 0 Å². The van der Waals surface area contributed by atoms with Crippen LogP contribution < -0.4 is 4.90 Å². The molecule has 0 amide bonds. The lowest BCUT2D eigenvalue weighted by Crippen LogP contribution is -2.48. The van der Waals surface area contributed by atoms with Gasteiger partial charge in [-0.2, -0.15) is 9.57 Å². The van der Waals surface area contributed by atoms with Crippen LogP contribution in [0.4, 0.5) is 5.69 Å². The van der Waals surface area contributed by atoms with Crippen molar-refractivity contribution in [1.82, 2.24) is 4.31 Å². The van der Waals surface area contributed by atoms with Gasteiger partial charge in [-0.25, -0.2) is 8.42 Å². The minimum absolute atomic E-state index is 0.308. The van der Waals surface area contributed by atoms with Crippen molar-refractivity contribution in [2.24, 2.45) is 0 Å². The van der Waals surface area contributed by atoms with Crippen LogP contribution in [0.2, 0.25) is 0 Å². The van der Waals surface area contributed by atoms with Crippen molar-refractivity contribution in [3.63, 3.8) is 0 Å². The highest BCUT2D eigenvalue weighted by Crippen LogP contribution is 2.25. The molecule has 29 heavy (non-hydrogen) atoms. The van der Waals surface area contributed by atoms with E-state index in [1.165, 1.54) is 4.31 Å². The summed E-state index contributed by atoms with van der Waals surface area (Å²) in [4.78, 5) is 2.38.